The van der Waals surface area contributed by atoms with E-state index in [0.29, 0.717) is 12.1 Å². The summed E-state index contributed by atoms with van der Waals surface area (Å²) in [5.41, 5.74) is 1.79. The zero-order valence-electron chi connectivity index (χ0n) is 14.6. The summed E-state index contributed by atoms with van der Waals surface area (Å²) in [6.07, 6.45) is 3.15. The second-order valence-electron chi connectivity index (χ2n) is 5.43. The van der Waals surface area contributed by atoms with Gasteiger partial charge in [0.15, 0.2) is 5.96 Å². The Labute approximate surface area is 140 Å². The van der Waals surface area contributed by atoms with E-state index in [9.17, 15) is 4.79 Å². The highest BCUT2D eigenvalue weighted by atomic mass is 16.1. The molecule has 1 rings (SSSR count). The number of hydrogen-bond donors (Lipinski definition) is 3. The van der Waals surface area contributed by atoms with Gasteiger partial charge in [-0.2, -0.15) is 0 Å². The number of rotatable bonds is 9. The summed E-state index contributed by atoms with van der Waals surface area (Å²) >= 11 is 0. The quantitative estimate of drug-likeness (QED) is 0.372. The lowest BCUT2D eigenvalue weighted by Crippen LogP contribution is -2.37. The molecule has 128 valence electrons. The van der Waals surface area contributed by atoms with Crippen molar-refractivity contribution in [2.45, 2.75) is 46.6 Å². The average molecular weight is 318 g/mol. The van der Waals surface area contributed by atoms with Gasteiger partial charge in [-0.25, -0.2) is 4.99 Å². The normalized spacial score (nSPS) is 11.2. The van der Waals surface area contributed by atoms with E-state index in [1.54, 1.807) is 0 Å². The van der Waals surface area contributed by atoms with Gasteiger partial charge >= 0.3 is 0 Å². The summed E-state index contributed by atoms with van der Waals surface area (Å²) < 4.78 is 0. The standard InChI is InChI=1S/C18H30N4O/c1-4-7-13-20-17(23)16-10-8-15(9-11-16)14-22-18(19-6-3)21-12-5-2/h8-11H,4-7,12-14H2,1-3H3,(H,20,23)(H2,19,21,22). The molecule has 0 aromatic heterocycles. The number of aliphatic imine (C=N–C) groups is 1. The first-order valence-corrected chi connectivity index (χ1v) is 8.60. The van der Waals surface area contributed by atoms with Gasteiger partial charge in [0, 0.05) is 25.2 Å². The zero-order chi connectivity index (χ0) is 16.9. The molecule has 0 aliphatic carbocycles. The summed E-state index contributed by atoms with van der Waals surface area (Å²) in [5.74, 6) is 0.821. The fraction of sp³-hybridized carbons (Fsp3) is 0.556. The van der Waals surface area contributed by atoms with Crippen molar-refractivity contribution in [3.05, 3.63) is 35.4 Å². The van der Waals surface area contributed by atoms with Crippen LogP contribution in [0.4, 0.5) is 0 Å². The van der Waals surface area contributed by atoms with Crippen LogP contribution in [0.3, 0.4) is 0 Å². The smallest absolute Gasteiger partial charge is 0.251 e. The molecule has 1 aromatic carbocycles. The Morgan fingerprint density at radius 2 is 1.70 bits per heavy atom. The van der Waals surface area contributed by atoms with E-state index >= 15 is 0 Å². The van der Waals surface area contributed by atoms with Crippen LogP contribution >= 0.6 is 0 Å². The number of amides is 1. The minimum absolute atomic E-state index is 0.00791. The lowest BCUT2D eigenvalue weighted by atomic mass is 10.1. The van der Waals surface area contributed by atoms with Crippen molar-refractivity contribution in [2.75, 3.05) is 19.6 Å². The lowest BCUT2D eigenvalue weighted by molar-refractivity contribution is 0.0953. The van der Waals surface area contributed by atoms with Crippen LogP contribution in [0.25, 0.3) is 0 Å². The highest BCUT2D eigenvalue weighted by Crippen LogP contribution is 2.06. The third kappa shape index (κ3) is 7.68. The van der Waals surface area contributed by atoms with Crippen LogP contribution in [0, 0.1) is 0 Å². The van der Waals surface area contributed by atoms with Crippen LogP contribution in [0.1, 0.15) is 56.0 Å². The highest BCUT2D eigenvalue weighted by Gasteiger charge is 2.04. The summed E-state index contributed by atoms with van der Waals surface area (Å²) in [7, 11) is 0. The SMILES string of the molecule is CCCCNC(=O)c1ccc(CN=C(NCC)NCCC)cc1. The number of benzene rings is 1. The van der Waals surface area contributed by atoms with Gasteiger partial charge < -0.3 is 16.0 Å². The van der Waals surface area contributed by atoms with Crippen molar-refractivity contribution in [3.63, 3.8) is 0 Å². The van der Waals surface area contributed by atoms with Crippen LogP contribution in [-0.4, -0.2) is 31.5 Å². The molecule has 0 aliphatic heterocycles. The van der Waals surface area contributed by atoms with Gasteiger partial charge in [-0.3, -0.25) is 4.79 Å². The molecule has 0 radical (unpaired) electrons. The number of hydrogen-bond acceptors (Lipinski definition) is 2. The van der Waals surface area contributed by atoms with E-state index in [1.807, 2.05) is 24.3 Å². The monoisotopic (exact) mass is 318 g/mol. The molecule has 0 fully saturated rings. The molecule has 5 nitrogen and oxygen atoms in total. The molecule has 1 amide bonds. The van der Waals surface area contributed by atoms with Gasteiger partial charge in [-0.05, 0) is 37.5 Å². The Morgan fingerprint density at radius 3 is 2.30 bits per heavy atom. The molecule has 0 spiro atoms. The molecular weight excluding hydrogens is 288 g/mol. The van der Waals surface area contributed by atoms with E-state index < -0.39 is 0 Å². The van der Waals surface area contributed by atoms with Crippen LogP contribution in [-0.2, 0) is 6.54 Å². The van der Waals surface area contributed by atoms with E-state index in [1.165, 1.54) is 0 Å². The number of guanidine groups is 1. The first kappa shape index (κ1) is 19.0. The van der Waals surface area contributed by atoms with Crippen molar-refractivity contribution < 1.29 is 4.79 Å². The first-order valence-electron chi connectivity index (χ1n) is 8.60. The molecule has 0 atom stereocenters. The van der Waals surface area contributed by atoms with Crippen molar-refractivity contribution in [1.29, 1.82) is 0 Å². The summed E-state index contributed by atoms with van der Waals surface area (Å²) in [5, 5.41) is 9.42. The minimum atomic E-state index is -0.00791. The molecule has 0 saturated heterocycles. The maximum atomic E-state index is 11.9. The molecule has 3 N–H and O–H groups in total. The van der Waals surface area contributed by atoms with Crippen LogP contribution in [0.2, 0.25) is 0 Å². The van der Waals surface area contributed by atoms with Crippen molar-refractivity contribution in [2.24, 2.45) is 4.99 Å². The summed E-state index contributed by atoms with van der Waals surface area (Å²) in [6, 6.07) is 7.64. The largest absolute Gasteiger partial charge is 0.357 e. The Bertz CT molecular complexity index is 482. The fourth-order valence-corrected chi connectivity index (χ4v) is 2.00. The second kappa shape index (κ2) is 11.5. The maximum Gasteiger partial charge on any atom is 0.251 e. The molecule has 23 heavy (non-hydrogen) atoms. The van der Waals surface area contributed by atoms with E-state index in [2.05, 4.69) is 41.7 Å². The maximum absolute atomic E-state index is 11.9. The Hall–Kier alpha value is -2.04. The Morgan fingerprint density at radius 1 is 0.957 bits per heavy atom. The van der Waals surface area contributed by atoms with Crippen molar-refractivity contribution >= 4 is 11.9 Å². The molecule has 1 aromatic rings. The third-order valence-electron chi connectivity index (χ3n) is 3.34. The number of unbranched alkanes of at least 4 members (excludes halogenated alkanes) is 1. The highest BCUT2D eigenvalue weighted by molar-refractivity contribution is 5.94. The summed E-state index contributed by atoms with van der Waals surface area (Å²) in [4.78, 5) is 16.5. The van der Waals surface area contributed by atoms with E-state index in [-0.39, 0.29) is 5.91 Å². The van der Waals surface area contributed by atoms with Gasteiger partial charge in [0.05, 0.1) is 6.54 Å². The number of nitrogens with one attached hydrogen (secondary N) is 3. The van der Waals surface area contributed by atoms with Crippen LogP contribution < -0.4 is 16.0 Å². The zero-order valence-corrected chi connectivity index (χ0v) is 14.6. The molecule has 0 heterocycles. The molecule has 0 saturated carbocycles. The predicted octanol–water partition coefficient (Wildman–Crippen LogP) is 2.68. The molecular formula is C18H30N4O. The Kier molecular flexibility index (Phi) is 9.52. The lowest BCUT2D eigenvalue weighted by Gasteiger charge is -2.10. The number of carbonyl (C=O) groups excluding carboxylic acids is 1. The number of nitrogens with zero attached hydrogens (tertiary/aromatic N) is 1. The van der Waals surface area contributed by atoms with Crippen LogP contribution in [0.5, 0.6) is 0 Å². The molecule has 0 aliphatic rings. The van der Waals surface area contributed by atoms with Gasteiger partial charge in [-0.15, -0.1) is 0 Å². The first-order chi connectivity index (χ1) is 11.2. The third-order valence-corrected chi connectivity index (χ3v) is 3.34. The van der Waals surface area contributed by atoms with Crippen molar-refractivity contribution in [3.8, 4) is 0 Å². The second-order valence-corrected chi connectivity index (χ2v) is 5.43. The van der Waals surface area contributed by atoms with Gasteiger partial charge in [0.1, 0.15) is 0 Å². The van der Waals surface area contributed by atoms with Gasteiger partial charge in [-0.1, -0.05) is 32.4 Å². The van der Waals surface area contributed by atoms with Gasteiger partial charge in [0.2, 0.25) is 0 Å². The summed E-state index contributed by atoms with van der Waals surface area (Å²) in [6.45, 7) is 9.36. The fourth-order valence-electron chi connectivity index (χ4n) is 2.00. The predicted molar refractivity (Wildman–Crippen MR) is 96.8 cm³/mol. The molecule has 5 heteroatoms. The Balaban J connectivity index is 2.56. The number of carbonyl (C=O) groups is 1. The van der Waals surface area contributed by atoms with E-state index in [4.69, 9.17) is 0 Å². The molecule has 0 unspecified atom stereocenters. The molecule has 0 bridgehead atoms. The average Bonchev–Trinajstić information content (AvgIpc) is 2.58. The van der Waals surface area contributed by atoms with Crippen LogP contribution in [0.15, 0.2) is 29.3 Å². The minimum Gasteiger partial charge on any atom is -0.357 e. The van der Waals surface area contributed by atoms with Gasteiger partial charge in [0.25, 0.3) is 5.91 Å². The van der Waals surface area contributed by atoms with E-state index in [0.717, 1.165) is 50.4 Å². The topological polar surface area (TPSA) is 65.5 Å². The van der Waals surface area contributed by atoms with Crippen molar-refractivity contribution in [1.82, 2.24) is 16.0 Å².